The number of aromatic nitrogens is 1. The minimum Gasteiger partial charge on any atom is -0.444 e. The van der Waals surface area contributed by atoms with E-state index < -0.39 is 17.7 Å². The second kappa shape index (κ2) is 10.4. The number of aryl methyl sites for hydroxylation is 1. The maximum atomic E-state index is 13.4. The second-order valence-corrected chi connectivity index (χ2v) is 10.9. The summed E-state index contributed by atoms with van der Waals surface area (Å²) in [5, 5.41) is 7.13. The molecule has 2 amide bonds. The van der Waals surface area contributed by atoms with Gasteiger partial charge in [0.2, 0.25) is 5.91 Å². The van der Waals surface area contributed by atoms with Gasteiger partial charge in [0.1, 0.15) is 11.6 Å². The zero-order valence-corrected chi connectivity index (χ0v) is 21.1. The molecular weight excluding hydrogens is 428 g/mol. The van der Waals surface area contributed by atoms with Crippen LogP contribution < -0.4 is 10.6 Å². The highest BCUT2D eigenvalue weighted by molar-refractivity contribution is 5.88. The predicted molar refractivity (Wildman–Crippen MR) is 135 cm³/mol. The average Bonchev–Trinajstić information content (AvgIpc) is 3.11. The summed E-state index contributed by atoms with van der Waals surface area (Å²) in [6.07, 6.45) is 7.99. The van der Waals surface area contributed by atoms with Gasteiger partial charge in [0, 0.05) is 43.2 Å². The van der Waals surface area contributed by atoms with Crippen molar-refractivity contribution < 1.29 is 14.3 Å². The number of carbonyl (C=O) groups is 2. The summed E-state index contributed by atoms with van der Waals surface area (Å²) in [6, 6.07) is 8.00. The van der Waals surface area contributed by atoms with Crippen molar-refractivity contribution in [1.29, 1.82) is 0 Å². The van der Waals surface area contributed by atoms with Gasteiger partial charge in [-0.15, -0.1) is 0 Å². The lowest BCUT2D eigenvalue weighted by Crippen LogP contribution is -2.54. The highest BCUT2D eigenvalue weighted by Crippen LogP contribution is 2.30. The van der Waals surface area contributed by atoms with Gasteiger partial charge in [0.05, 0.1) is 0 Å². The highest BCUT2D eigenvalue weighted by atomic mass is 16.6. The normalized spacial score (nSPS) is 22.1. The van der Waals surface area contributed by atoms with E-state index in [0.29, 0.717) is 24.9 Å². The molecule has 0 saturated carbocycles. The minimum absolute atomic E-state index is 0.147. The molecule has 2 aliphatic rings. The quantitative estimate of drug-likeness (QED) is 0.672. The molecule has 2 aliphatic heterocycles. The number of hydrogen-bond acceptors (Lipinski definition) is 4. The average molecular weight is 469 g/mol. The molecule has 7 heteroatoms. The van der Waals surface area contributed by atoms with Gasteiger partial charge in [-0.25, -0.2) is 4.79 Å². The SMILES string of the molecule is Cn1cc(C[C@H](NC(=O)OC(C)(C)C)C(=O)NC[C@@H]2CCCN3CCCC[C@H]23)c2ccccc21. The molecule has 0 unspecified atom stereocenters. The topological polar surface area (TPSA) is 75.6 Å². The number of para-hydroxylation sites is 1. The molecule has 0 bridgehead atoms. The van der Waals surface area contributed by atoms with E-state index in [9.17, 15) is 9.59 Å². The van der Waals surface area contributed by atoms with Crippen molar-refractivity contribution in [3.8, 4) is 0 Å². The summed E-state index contributed by atoms with van der Waals surface area (Å²) in [7, 11) is 2.00. The van der Waals surface area contributed by atoms with Crippen LogP contribution in [0.1, 0.15) is 58.4 Å². The van der Waals surface area contributed by atoms with Crippen molar-refractivity contribution >= 4 is 22.9 Å². The summed E-state index contributed by atoms with van der Waals surface area (Å²) >= 11 is 0. The summed E-state index contributed by atoms with van der Waals surface area (Å²) in [5.41, 5.74) is 1.51. The first-order valence-corrected chi connectivity index (χ1v) is 12.8. The molecule has 1 aromatic carbocycles. The number of alkyl carbamates (subject to hydrolysis) is 1. The number of nitrogens with zero attached hydrogens (tertiary/aromatic N) is 2. The van der Waals surface area contributed by atoms with Crippen LogP contribution >= 0.6 is 0 Å². The van der Waals surface area contributed by atoms with Gasteiger partial charge in [-0.2, -0.15) is 0 Å². The third-order valence-electron chi connectivity index (χ3n) is 7.18. The predicted octanol–water partition coefficient (Wildman–Crippen LogP) is 3.99. The zero-order chi connectivity index (χ0) is 24.3. The monoisotopic (exact) mass is 468 g/mol. The number of piperidine rings is 2. The maximum absolute atomic E-state index is 13.4. The summed E-state index contributed by atoms with van der Waals surface area (Å²) in [4.78, 5) is 28.6. The van der Waals surface area contributed by atoms with E-state index in [2.05, 4.69) is 32.2 Å². The minimum atomic E-state index is -0.702. The summed E-state index contributed by atoms with van der Waals surface area (Å²) in [5.74, 6) is 0.324. The molecule has 3 atom stereocenters. The van der Waals surface area contributed by atoms with E-state index in [-0.39, 0.29) is 5.91 Å². The number of amides is 2. The standard InChI is InChI=1S/C27H40N4O3/c1-27(2,3)34-26(33)29-22(16-20-18-30(4)24-13-6-5-11-21(20)24)25(32)28-17-19-10-9-15-31-14-8-7-12-23(19)31/h5-6,11,13,18-19,22-23H,7-10,12,14-17H2,1-4H3,(H,28,32)(H,29,33)/t19-,22-,23+/m0/s1. The molecule has 4 rings (SSSR count). The van der Waals surface area contributed by atoms with Crippen molar-refractivity contribution in [3.63, 3.8) is 0 Å². The number of ether oxygens (including phenoxy) is 1. The fraction of sp³-hybridized carbons (Fsp3) is 0.630. The molecule has 2 N–H and O–H groups in total. The van der Waals surface area contributed by atoms with Crippen LogP contribution in [-0.2, 0) is 23.0 Å². The molecule has 2 fully saturated rings. The second-order valence-electron chi connectivity index (χ2n) is 10.9. The van der Waals surface area contributed by atoms with Crippen LogP contribution in [0, 0.1) is 5.92 Å². The molecule has 2 saturated heterocycles. The van der Waals surface area contributed by atoms with E-state index in [1.165, 1.54) is 38.8 Å². The van der Waals surface area contributed by atoms with Gasteiger partial charge in [-0.05, 0) is 77.1 Å². The highest BCUT2D eigenvalue weighted by Gasteiger charge is 2.34. The van der Waals surface area contributed by atoms with Crippen LogP contribution in [-0.4, -0.2) is 58.8 Å². The number of hydrogen-bond donors (Lipinski definition) is 2. The Morgan fingerprint density at radius 1 is 1.12 bits per heavy atom. The number of fused-ring (bicyclic) bond motifs is 2. The van der Waals surface area contributed by atoms with E-state index in [1.54, 1.807) is 0 Å². The molecule has 0 spiro atoms. The Morgan fingerprint density at radius 3 is 2.68 bits per heavy atom. The van der Waals surface area contributed by atoms with Crippen LogP contribution in [0.5, 0.6) is 0 Å². The molecule has 7 nitrogen and oxygen atoms in total. The fourth-order valence-corrected chi connectivity index (χ4v) is 5.64. The van der Waals surface area contributed by atoms with Crippen LogP contribution in [0.3, 0.4) is 0 Å². The maximum Gasteiger partial charge on any atom is 0.408 e. The molecule has 3 heterocycles. The largest absolute Gasteiger partial charge is 0.444 e. The smallest absolute Gasteiger partial charge is 0.408 e. The van der Waals surface area contributed by atoms with Gasteiger partial charge >= 0.3 is 6.09 Å². The molecular formula is C27H40N4O3. The summed E-state index contributed by atoms with van der Waals surface area (Å²) in [6.45, 7) is 8.49. The number of rotatable bonds is 6. The molecule has 0 radical (unpaired) electrons. The number of carbonyl (C=O) groups excluding carboxylic acids is 2. The first-order valence-electron chi connectivity index (χ1n) is 12.8. The van der Waals surface area contributed by atoms with Crippen LogP contribution in [0.25, 0.3) is 10.9 Å². The zero-order valence-electron chi connectivity index (χ0n) is 21.1. The van der Waals surface area contributed by atoms with E-state index in [0.717, 1.165) is 22.9 Å². The van der Waals surface area contributed by atoms with Crippen molar-refractivity contribution in [2.45, 2.75) is 77.0 Å². The number of nitrogens with one attached hydrogen (secondary N) is 2. The van der Waals surface area contributed by atoms with Crippen molar-refractivity contribution in [3.05, 3.63) is 36.0 Å². The van der Waals surface area contributed by atoms with Crippen LogP contribution in [0.2, 0.25) is 0 Å². The molecule has 34 heavy (non-hydrogen) atoms. The third-order valence-corrected chi connectivity index (χ3v) is 7.18. The summed E-state index contributed by atoms with van der Waals surface area (Å²) < 4.78 is 7.53. The Balaban J connectivity index is 1.47. The van der Waals surface area contributed by atoms with Crippen LogP contribution in [0.4, 0.5) is 4.79 Å². The van der Waals surface area contributed by atoms with E-state index in [1.807, 2.05) is 46.1 Å². The Bertz CT molecular complexity index is 1010. The van der Waals surface area contributed by atoms with Gasteiger partial charge in [0.15, 0.2) is 0 Å². The lowest BCUT2D eigenvalue weighted by Gasteiger charge is -2.44. The van der Waals surface area contributed by atoms with Crippen molar-refractivity contribution in [2.75, 3.05) is 19.6 Å². The molecule has 1 aromatic heterocycles. The van der Waals surface area contributed by atoms with Gasteiger partial charge in [-0.1, -0.05) is 24.6 Å². The Labute approximate surface area is 203 Å². The Morgan fingerprint density at radius 2 is 1.88 bits per heavy atom. The Kier molecular flexibility index (Phi) is 7.51. The fourth-order valence-electron chi connectivity index (χ4n) is 5.64. The van der Waals surface area contributed by atoms with Crippen molar-refractivity contribution in [2.24, 2.45) is 13.0 Å². The first-order chi connectivity index (χ1) is 16.2. The molecule has 0 aliphatic carbocycles. The molecule has 2 aromatic rings. The third kappa shape index (κ3) is 5.93. The van der Waals surface area contributed by atoms with E-state index in [4.69, 9.17) is 4.74 Å². The Hall–Kier alpha value is -2.54. The molecule has 186 valence electrons. The lowest BCUT2D eigenvalue weighted by molar-refractivity contribution is -0.123. The number of benzene rings is 1. The first kappa shape index (κ1) is 24.6. The van der Waals surface area contributed by atoms with Crippen LogP contribution in [0.15, 0.2) is 30.5 Å². The lowest BCUT2D eigenvalue weighted by atomic mass is 9.83. The van der Waals surface area contributed by atoms with Gasteiger partial charge in [0.25, 0.3) is 0 Å². The van der Waals surface area contributed by atoms with Crippen molar-refractivity contribution in [1.82, 2.24) is 20.1 Å². The van der Waals surface area contributed by atoms with Gasteiger partial charge in [-0.3, -0.25) is 4.79 Å². The van der Waals surface area contributed by atoms with E-state index >= 15 is 0 Å². The van der Waals surface area contributed by atoms with Gasteiger partial charge < -0.3 is 24.8 Å².